The lowest BCUT2D eigenvalue weighted by Crippen LogP contribution is -2.12. The Morgan fingerprint density at radius 1 is 1.39 bits per heavy atom. The van der Waals surface area contributed by atoms with Gasteiger partial charge in [-0.2, -0.15) is 0 Å². The monoisotopic (exact) mass is 343 g/mol. The summed E-state index contributed by atoms with van der Waals surface area (Å²) in [5, 5.41) is 5.18. The molecule has 2 nitrogen and oxygen atoms in total. The molecule has 1 amide bonds. The molecule has 0 fully saturated rings. The Morgan fingerprint density at radius 2 is 2.11 bits per heavy atom. The van der Waals surface area contributed by atoms with Crippen LogP contribution in [0.25, 0.3) is 0 Å². The molecule has 0 saturated heterocycles. The highest BCUT2D eigenvalue weighted by molar-refractivity contribution is 9.09. The van der Waals surface area contributed by atoms with Crippen LogP contribution in [0, 0.1) is 0 Å². The summed E-state index contributed by atoms with van der Waals surface area (Å²) >= 11 is 10.8. The molecule has 18 heavy (non-hydrogen) atoms. The van der Waals surface area contributed by atoms with Gasteiger partial charge in [-0.3, -0.25) is 4.79 Å². The first-order valence-corrected chi connectivity index (χ1v) is 7.54. The largest absolute Gasteiger partial charge is 0.321 e. The number of hydrogen-bond donors (Lipinski definition) is 1. The lowest BCUT2D eigenvalue weighted by Gasteiger charge is -2.12. The molecular weight excluding hydrogens is 334 g/mol. The van der Waals surface area contributed by atoms with E-state index in [-0.39, 0.29) is 10.7 Å². The highest BCUT2D eigenvalue weighted by atomic mass is 79.9. The standard InChI is InChI=1S/C13H11BrClNOS/c1-8(14)9-4-2-3-5-11(9)16-13(17)12-10(15)6-7-18-12/h2-8H,1H3,(H,16,17). The second-order valence-corrected chi connectivity index (χ2v) is 6.45. The third kappa shape index (κ3) is 2.94. The SMILES string of the molecule is CC(Br)c1ccccc1NC(=O)c1sccc1Cl. The van der Waals surface area contributed by atoms with Crippen molar-refractivity contribution in [1.82, 2.24) is 0 Å². The van der Waals surface area contributed by atoms with Crippen LogP contribution in [0.15, 0.2) is 35.7 Å². The predicted molar refractivity (Wildman–Crippen MR) is 81.1 cm³/mol. The summed E-state index contributed by atoms with van der Waals surface area (Å²) in [6.45, 7) is 2.02. The van der Waals surface area contributed by atoms with E-state index >= 15 is 0 Å². The van der Waals surface area contributed by atoms with Crippen molar-refractivity contribution < 1.29 is 4.79 Å². The molecule has 1 aromatic carbocycles. The van der Waals surface area contributed by atoms with E-state index in [1.54, 1.807) is 11.4 Å². The van der Waals surface area contributed by atoms with Crippen molar-refractivity contribution in [1.29, 1.82) is 0 Å². The zero-order valence-corrected chi connectivity index (χ0v) is 12.8. The van der Waals surface area contributed by atoms with Crippen molar-refractivity contribution in [3.8, 4) is 0 Å². The lowest BCUT2D eigenvalue weighted by atomic mass is 10.1. The van der Waals surface area contributed by atoms with E-state index in [4.69, 9.17) is 11.6 Å². The van der Waals surface area contributed by atoms with Crippen LogP contribution in [0.1, 0.15) is 27.0 Å². The van der Waals surface area contributed by atoms with E-state index in [9.17, 15) is 4.79 Å². The topological polar surface area (TPSA) is 29.1 Å². The summed E-state index contributed by atoms with van der Waals surface area (Å²) in [5.74, 6) is -0.171. The molecule has 1 unspecified atom stereocenters. The maximum Gasteiger partial charge on any atom is 0.267 e. The van der Waals surface area contributed by atoms with Gasteiger partial charge in [-0.1, -0.05) is 45.7 Å². The molecule has 2 aromatic rings. The van der Waals surface area contributed by atoms with Gasteiger partial charge in [0.2, 0.25) is 0 Å². The zero-order chi connectivity index (χ0) is 13.1. The average molecular weight is 345 g/mol. The van der Waals surface area contributed by atoms with Gasteiger partial charge in [0.05, 0.1) is 5.02 Å². The summed E-state index contributed by atoms with van der Waals surface area (Å²) in [7, 11) is 0. The normalized spacial score (nSPS) is 12.2. The third-order valence-corrected chi connectivity index (χ3v) is 4.29. The highest BCUT2D eigenvalue weighted by Gasteiger charge is 2.14. The number of anilines is 1. The predicted octanol–water partition coefficient (Wildman–Crippen LogP) is 5.11. The molecule has 0 aliphatic rings. The van der Waals surface area contributed by atoms with E-state index in [0.29, 0.717) is 9.90 Å². The van der Waals surface area contributed by atoms with Gasteiger partial charge in [0, 0.05) is 10.5 Å². The fourth-order valence-corrected chi connectivity index (χ4v) is 3.03. The van der Waals surface area contributed by atoms with Crippen LogP contribution in [-0.4, -0.2) is 5.91 Å². The maximum absolute atomic E-state index is 12.1. The molecule has 0 spiro atoms. The number of benzene rings is 1. The first-order chi connectivity index (χ1) is 8.59. The number of hydrogen-bond acceptors (Lipinski definition) is 2. The summed E-state index contributed by atoms with van der Waals surface area (Å²) < 4.78 is 0. The Kier molecular flexibility index (Phi) is 4.43. The summed E-state index contributed by atoms with van der Waals surface area (Å²) in [4.78, 5) is 12.8. The first kappa shape index (κ1) is 13.6. The summed E-state index contributed by atoms with van der Waals surface area (Å²) in [6.07, 6.45) is 0. The molecule has 0 bridgehead atoms. The second-order valence-electron chi connectivity index (χ2n) is 3.76. The molecule has 5 heteroatoms. The van der Waals surface area contributed by atoms with Crippen LogP contribution >= 0.6 is 38.9 Å². The second kappa shape index (κ2) is 5.87. The van der Waals surface area contributed by atoms with Gasteiger partial charge < -0.3 is 5.32 Å². The zero-order valence-electron chi connectivity index (χ0n) is 9.61. The molecule has 0 saturated carbocycles. The molecule has 2 rings (SSSR count). The van der Waals surface area contributed by atoms with Crippen LogP contribution in [0.5, 0.6) is 0 Å². The Hall–Kier alpha value is -0.840. The number of para-hydroxylation sites is 1. The van der Waals surface area contributed by atoms with Gasteiger partial charge in [0.1, 0.15) is 4.88 Å². The number of rotatable bonds is 3. The average Bonchev–Trinajstić information content (AvgIpc) is 2.76. The Balaban J connectivity index is 2.25. The minimum Gasteiger partial charge on any atom is -0.321 e. The van der Waals surface area contributed by atoms with Gasteiger partial charge in [-0.15, -0.1) is 11.3 Å². The van der Waals surface area contributed by atoms with Gasteiger partial charge >= 0.3 is 0 Å². The summed E-state index contributed by atoms with van der Waals surface area (Å²) in [5.41, 5.74) is 1.84. The van der Waals surface area contributed by atoms with E-state index in [2.05, 4.69) is 21.2 Å². The van der Waals surface area contributed by atoms with Gasteiger partial charge in [0.15, 0.2) is 0 Å². The fraction of sp³-hybridized carbons (Fsp3) is 0.154. The highest BCUT2D eigenvalue weighted by Crippen LogP contribution is 2.30. The van der Waals surface area contributed by atoms with E-state index in [1.165, 1.54) is 11.3 Å². The molecule has 94 valence electrons. The number of carbonyl (C=O) groups excluding carboxylic acids is 1. The van der Waals surface area contributed by atoms with Crippen molar-refractivity contribution in [2.75, 3.05) is 5.32 Å². The Bertz CT molecular complexity index is 568. The number of alkyl halides is 1. The van der Waals surface area contributed by atoms with Crippen LogP contribution in [-0.2, 0) is 0 Å². The Labute approximate surface area is 123 Å². The van der Waals surface area contributed by atoms with Crippen molar-refractivity contribution in [2.45, 2.75) is 11.8 Å². The molecule has 1 N–H and O–H groups in total. The van der Waals surface area contributed by atoms with Gasteiger partial charge in [0.25, 0.3) is 5.91 Å². The van der Waals surface area contributed by atoms with Gasteiger partial charge in [-0.25, -0.2) is 0 Å². The van der Waals surface area contributed by atoms with Crippen LogP contribution in [0.3, 0.4) is 0 Å². The quantitative estimate of drug-likeness (QED) is 0.770. The fourth-order valence-electron chi connectivity index (χ4n) is 1.59. The minimum atomic E-state index is -0.171. The molecular formula is C13H11BrClNOS. The third-order valence-electron chi connectivity index (χ3n) is 2.46. The molecule has 0 aliphatic heterocycles. The van der Waals surface area contributed by atoms with Crippen molar-refractivity contribution in [2.24, 2.45) is 0 Å². The number of carbonyl (C=O) groups is 1. The molecule has 1 atom stereocenters. The first-order valence-electron chi connectivity index (χ1n) is 5.37. The number of nitrogens with one attached hydrogen (secondary N) is 1. The minimum absolute atomic E-state index is 0.171. The van der Waals surface area contributed by atoms with Gasteiger partial charge in [-0.05, 0) is 30.0 Å². The molecule has 1 aromatic heterocycles. The number of halogens is 2. The van der Waals surface area contributed by atoms with E-state index in [0.717, 1.165) is 11.3 Å². The van der Waals surface area contributed by atoms with E-state index < -0.39 is 0 Å². The molecule has 0 aliphatic carbocycles. The molecule has 0 radical (unpaired) electrons. The van der Waals surface area contributed by atoms with Crippen molar-refractivity contribution in [3.05, 3.63) is 51.2 Å². The maximum atomic E-state index is 12.1. The van der Waals surface area contributed by atoms with E-state index in [1.807, 2.05) is 31.2 Å². The van der Waals surface area contributed by atoms with Crippen LogP contribution in [0.2, 0.25) is 5.02 Å². The van der Waals surface area contributed by atoms with Crippen molar-refractivity contribution >= 4 is 50.5 Å². The summed E-state index contributed by atoms with van der Waals surface area (Å²) in [6, 6.07) is 9.42. The smallest absolute Gasteiger partial charge is 0.267 e. The molecule has 1 heterocycles. The van der Waals surface area contributed by atoms with Crippen LogP contribution in [0.4, 0.5) is 5.69 Å². The number of amides is 1. The van der Waals surface area contributed by atoms with Crippen molar-refractivity contribution in [3.63, 3.8) is 0 Å². The number of thiophene rings is 1. The Morgan fingerprint density at radius 3 is 2.72 bits per heavy atom. The lowest BCUT2D eigenvalue weighted by molar-refractivity contribution is 0.103. The van der Waals surface area contributed by atoms with Crippen LogP contribution < -0.4 is 5.32 Å².